The predicted molar refractivity (Wildman–Crippen MR) is 80.7 cm³/mol. The first kappa shape index (κ1) is 15.0. The molecule has 1 amide bonds. The van der Waals surface area contributed by atoms with Crippen LogP contribution in [-0.2, 0) is 0 Å². The molecular formula is C15H20N4O2. The molecule has 0 fully saturated rings. The molecule has 0 radical (unpaired) electrons. The highest BCUT2D eigenvalue weighted by atomic mass is 16.2. The molecule has 112 valence electrons. The van der Waals surface area contributed by atoms with Gasteiger partial charge in [-0.1, -0.05) is 31.5 Å². The Kier molecular flexibility index (Phi) is 4.92. The number of benzene rings is 1. The zero-order chi connectivity index (χ0) is 15.2. The fourth-order valence-electron chi connectivity index (χ4n) is 2.07. The van der Waals surface area contributed by atoms with Gasteiger partial charge in [-0.25, -0.2) is 4.79 Å². The van der Waals surface area contributed by atoms with Crippen molar-refractivity contribution in [2.24, 2.45) is 0 Å². The summed E-state index contributed by atoms with van der Waals surface area (Å²) in [6.07, 6.45) is 1.95. The van der Waals surface area contributed by atoms with Gasteiger partial charge in [0, 0.05) is 13.1 Å². The number of nitrogens with one attached hydrogen (secondary N) is 1. The van der Waals surface area contributed by atoms with Crippen molar-refractivity contribution in [2.45, 2.75) is 26.7 Å². The van der Waals surface area contributed by atoms with Crippen LogP contribution in [0.3, 0.4) is 0 Å². The van der Waals surface area contributed by atoms with Crippen molar-refractivity contribution >= 4 is 5.91 Å². The van der Waals surface area contributed by atoms with E-state index in [1.807, 2.05) is 25.1 Å². The predicted octanol–water partition coefficient (Wildman–Crippen LogP) is 1.82. The number of hydrogen-bond donors (Lipinski definition) is 1. The van der Waals surface area contributed by atoms with Crippen LogP contribution in [0.2, 0.25) is 0 Å². The summed E-state index contributed by atoms with van der Waals surface area (Å²) < 4.78 is 1.21. The molecular weight excluding hydrogens is 268 g/mol. The second kappa shape index (κ2) is 6.88. The minimum atomic E-state index is -0.406. The lowest BCUT2D eigenvalue weighted by Crippen LogP contribution is -2.32. The van der Waals surface area contributed by atoms with E-state index in [1.165, 1.54) is 4.68 Å². The summed E-state index contributed by atoms with van der Waals surface area (Å²) in [6, 6.07) is 9.03. The fraction of sp³-hybridized carbons (Fsp3) is 0.400. The normalized spacial score (nSPS) is 10.6. The smallest absolute Gasteiger partial charge is 0.336 e. The molecule has 6 heteroatoms. The molecule has 0 aliphatic rings. The highest BCUT2D eigenvalue weighted by molar-refractivity contribution is 5.90. The van der Waals surface area contributed by atoms with Gasteiger partial charge in [-0.15, -0.1) is 5.10 Å². The number of hydrogen-bond acceptors (Lipinski definition) is 3. The van der Waals surface area contributed by atoms with Crippen LogP contribution in [0.1, 0.15) is 37.3 Å². The maximum Gasteiger partial charge on any atom is 0.348 e. The number of carbonyl (C=O) groups is 1. The molecule has 0 aliphatic carbocycles. The molecule has 0 unspecified atom stereocenters. The molecule has 0 bridgehead atoms. The van der Waals surface area contributed by atoms with Gasteiger partial charge in [-0.05, 0) is 25.5 Å². The maximum atomic E-state index is 12.4. The molecule has 0 spiro atoms. The lowest BCUT2D eigenvalue weighted by atomic mass is 10.3. The van der Waals surface area contributed by atoms with Gasteiger partial charge in [0.1, 0.15) is 0 Å². The standard InChI is InChI=1S/C15H20N4O2/c1-3-5-11-18(4-2)14(20)13-16-15(21)19(17-13)12-9-7-6-8-10-12/h6-10H,3-5,11H2,1-2H3,(H,16,17,21). The number of aromatic nitrogens is 3. The number of H-pyrrole nitrogens is 1. The van der Waals surface area contributed by atoms with Gasteiger partial charge < -0.3 is 4.90 Å². The molecule has 1 heterocycles. The van der Waals surface area contributed by atoms with Crippen LogP contribution in [0.5, 0.6) is 0 Å². The Morgan fingerprint density at radius 1 is 1.29 bits per heavy atom. The van der Waals surface area contributed by atoms with Crippen LogP contribution in [0.4, 0.5) is 0 Å². The number of amides is 1. The van der Waals surface area contributed by atoms with Crippen LogP contribution >= 0.6 is 0 Å². The highest BCUT2D eigenvalue weighted by Crippen LogP contribution is 2.04. The van der Waals surface area contributed by atoms with Crippen LogP contribution in [0.15, 0.2) is 35.1 Å². The van der Waals surface area contributed by atoms with Crippen molar-refractivity contribution in [2.75, 3.05) is 13.1 Å². The Balaban J connectivity index is 2.26. The van der Waals surface area contributed by atoms with E-state index in [0.717, 1.165) is 12.8 Å². The van der Waals surface area contributed by atoms with E-state index in [4.69, 9.17) is 0 Å². The third-order valence-electron chi connectivity index (χ3n) is 3.27. The lowest BCUT2D eigenvalue weighted by Gasteiger charge is -2.18. The zero-order valence-electron chi connectivity index (χ0n) is 12.4. The SMILES string of the molecule is CCCCN(CC)C(=O)c1nn(-c2ccccc2)c(=O)[nH]1. The molecule has 0 saturated carbocycles. The van der Waals surface area contributed by atoms with Gasteiger partial charge in [0.2, 0.25) is 5.82 Å². The van der Waals surface area contributed by atoms with E-state index in [-0.39, 0.29) is 11.7 Å². The average Bonchev–Trinajstić information content (AvgIpc) is 2.90. The summed E-state index contributed by atoms with van der Waals surface area (Å²) in [5.74, 6) is -0.153. The van der Waals surface area contributed by atoms with Crippen LogP contribution in [-0.4, -0.2) is 38.7 Å². The van der Waals surface area contributed by atoms with Gasteiger partial charge in [-0.3, -0.25) is 9.78 Å². The Morgan fingerprint density at radius 3 is 2.62 bits per heavy atom. The third kappa shape index (κ3) is 3.39. The van der Waals surface area contributed by atoms with Gasteiger partial charge in [0.15, 0.2) is 0 Å². The molecule has 0 saturated heterocycles. The number of aromatic amines is 1. The molecule has 2 rings (SSSR count). The lowest BCUT2D eigenvalue weighted by molar-refractivity contribution is 0.0750. The molecule has 21 heavy (non-hydrogen) atoms. The summed E-state index contributed by atoms with van der Waals surface area (Å²) in [7, 11) is 0. The second-order valence-electron chi connectivity index (χ2n) is 4.76. The number of nitrogens with zero attached hydrogens (tertiary/aromatic N) is 3. The first-order valence-corrected chi connectivity index (χ1v) is 7.21. The first-order chi connectivity index (χ1) is 10.2. The van der Waals surface area contributed by atoms with E-state index < -0.39 is 5.69 Å². The molecule has 1 N–H and O–H groups in total. The quantitative estimate of drug-likeness (QED) is 0.881. The fourth-order valence-corrected chi connectivity index (χ4v) is 2.07. The van der Waals surface area contributed by atoms with Gasteiger partial charge >= 0.3 is 5.69 Å². The molecule has 6 nitrogen and oxygen atoms in total. The van der Waals surface area contributed by atoms with Crippen molar-refractivity contribution in [3.8, 4) is 5.69 Å². The number of para-hydroxylation sites is 1. The number of rotatable bonds is 6. The van der Waals surface area contributed by atoms with E-state index in [0.29, 0.717) is 18.8 Å². The topological polar surface area (TPSA) is 71.0 Å². The average molecular weight is 288 g/mol. The molecule has 0 atom stereocenters. The van der Waals surface area contributed by atoms with Crippen LogP contribution in [0, 0.1) is 0 Å². The Labute approximate surface area is 123 Å². The van der Waals surface area contributed by atoms with Crippen molar-refractivity contribution in [1.29, 1.82) is 0 Å². The van der Waals surface area contributed by atoms with E-state index in [1.54, 1.807) is 17.0 Å². The number of carbonyl (C=O) groups excluding carboxylic acids is 1. The first-order valence-electron chi connectivity index (χ1n) is 7.21. The van der Waals surface area contributed by atoms with Gasteiger partial charge in [0.25, 0.3) is 5.91 Å². The van der Waals surface area contributed by atoms with Crippen molar-refractivity contribution in [3.63, 3.8) is 0 Å². The maximum absolute atomic E-state index is 12.4. The van der Waals surface area contributed by atoms with E-state index in [2.05, 4.69) is 17.0 Å². The molecule has 1 aromatic carbocycles. The van der Waals surface area contributed by atoms with Crippen LogP contribution < -0.4 is 5.69 Å². The molecule has 2 aromatic rings. The molecule has 0 aliphatic heterocycles. The Hall–Kier alpha value is -2.37. The Morgan fingerprint density at radius 2 is 2.00 bits per heavy atom. The largest absolute Gasteiger partial charge is 0.348 e. The summed E-state index contributed by atoms with van der Waals surface area (Å²) >= 11 is 0. The third-order valence-corrected chi connectivity index (χ3v) is 3.27. The van der Waals surface area contributed by atoms with Gasteiger partial charge in [0.05, 0.1) is 5.69 Å². The number of unbranched alkanes of at least 4 members (excludes halogenated alkanes) is 1. The van der Waals surface area contributed by atoms with Gasteiger partial charge in [-0.2, -0.15) is 4.68 Å². The summed E-state index contributed by atoms with van der Waals surface area (Å²) in [5.41, 5.74) is 0.227. The second-order valence-corrected chi connectivity index (χ2v) is 4.76. The highest BCUT2D eigenvalue weighted by Gasteiger charge is 2.19. The zero-order valence-corrected chi connectivity index (χ0v) is 12.4. The van der Waals surface area contributed by atoms with E-state index >= 15 is 0 Å². The van der Waals surface area contributed by atoms with Crippen molar-refractivity contribution in [3.05, 3.63) is 46.6 Å². The van der Waals surface area contributed by atoms with E-state index in [9.17, 15) is 9.59 Å². The minimum absolute atomic E-state index is 0.0850. The van der Waals surface area contributed by atoms with Crippen molar-refractivity contribution in [1.82, 2.24) is 19.7 Å². The summed E-state index contributed by atoms with van der Waals surface area (Å²) in [5, 5.41) is 4.11. The summed E-state index contributed by atoms with van der Waals surface area (Å²) in [4.78, 5) is 28.5. The van der Waals surface area contributed by atoms with Crippen molar-refractivity contribution < 1.29 is 4.79 Å². The summed E-state index contributed by atoms with van der Waals surface area (Å²) in [6.45, 7) is 5.26. The monoisotopic (exact) mass is 288 g/mol. The minimum Gasteiger partial charge on any atom is -0.336 e. The Bertz CT molecular complexity index is 645. The van der Waals surface area contributed by atoms with Crippen LogP contribution in [0.25, 0.3) is 5.69 Å². The molecule has 1 aromatic heterocycles.